The van der Waals surface area contributed by atoms with Crippen molar-refractivity contribution in [1.82, 2.24) is 5.32 Å². The van der Waals surface area contributed by atoms with Gasteiger partial charge in [-0.25, -0.2) is 0 Å². The van der Waals surface area contributed by atoms with Gasteiger partial charge in [-0.2, -0.15) is 5.26 Å². The zero-order valence-corrected chi connectivity index (χ0v) is 16.9. The van der Waals surface area contributed by atoms with E-state index in [-0.39, 0.29) is 17.4 Å². The van der Waals surface area contributed by atoms with Crippen molar-refractivity contribution >= 4 is 50.3 Å². The molecule has 0 atom stereocenters. The lowest BCUT2D eigenvalue weighted by Gasteiger charge is -2.10. The van der Waals surface area contributed by atoms with Crippen LogP contribution in [0.2, 0.25) is 0 Å². The number of thiocarbonyl (C=S) groups is 1. The lowest BCUT2D eigenvalue weighted by molar-refractivity contribution is -0.119. The van der Waals surface area contributed by atoms with Crippen LogP contribution in [0.15, 0.2) is 42.5 Å². The van der Waals surface area contributed by atoms with E-state index in [1.807, 2.05) is 42.5 Å². The Kier molecular flexibility index (Phi) is 5.38. The smallest absolute Gasteiger partial charge is 0.230 e. The first-order chi connectivity index (χ1) is 13.7. The second kappa shape index (κ2) is 8.09. The second-order valence-corrected chi connectivity index (χ2v) is 8.36. The minimum absolute atomic E-state index is 0.173. The van der Waals surface area contributed by atoms with Gasteiger partial charge in [-0.1, -0.05) is 42.5 Å². The molecule has 4 rings (SSSR count). The number of aryl methyl sites for hydroxylation is 1. The number of hydrogen-bond acceptors (Lipinski definition) is 4. The van der Waals surface area contributed by atoms with E-state index in [2.05, 4.69) is 16.7 Å². The molecular weight excluding hydrogens is 386 g/mol. The maximum atomic E-state index is 12.5. The van der Waals surface area contributed by atoms with Crippen LogP contribution < -0.4 is 10.6 Å². The first kappa shape index (κ1) is 18.6. The van der Waals surface area contributed by atoms with Crippen molar-refractivity contribution in [2.75, 3.05) is 5.32 Å². The van der Waals surface area contributed by atoms with Crippen molar-refractivity contribution in [1.29, 1.82) is 5.26 Å². The van der Waals surface area contributed by atoms with Crippen LogP contribution in [0, 0.1) is 11.3 Å². The van der Waals surface area contributed by atoms with Crippen molar-refractivity contribution in [2.45, 2.75) is 32.1 Å². The Bertz CT molecular complexity index is 1110. The molecule has 0 unspecified atom stereocenters. The lowest BCUT2D eigenvalue weighted by atomic mass is 9.96. The van der Waals surface area contributed by atoms with E-state index in [1.165, 1.54) is 4.88 Å². The Labute approximate surface area is 173 Å². The summed E-state index contributed by atoms with van der Waals surface area (Å²) in [4.78, 5) is 13.8. The molecule has 4 nitrogen and oxygen atoms in total. The molecular formula is C22H19N3OS2. The summed E-state index contributed by atoms with van der Waals surface area (Å²) in [6.45, 7) is 0. The molecule has 0 fully saturated rings. The van der Waals surface area contributed by atoms with E-state index in [0.29, 0.717) is 5.56 Å². The number of carbonyl (C=O) groups is 1. The van der Waals surface area contributed by atoms with Gasteiger partial charge < -0.3 is 10.6 Å². The molecule has 0 spiro atoms. The average molecular weight is 406 g/mol. The summed E-state index contributed by atoms with van der Waals surface area (Å²) in [5.74, 6) is -0.173. The van der Waals surface area contributed by atoms with Gasteiger partial charge >= 0.3 is 0 Å². The average Bonchev–Trinajstić information content (AvgIpc) is 3.04. The second-order valence-electron chi connectivity index (χ2n) is 6.84. The molecule has 0 aliphatic heterocycles. The predicted octanol–water partition coefficient (Wildman–Crippen LogP) is 4.71. The van der Waals surface area contributed by atoms with Gasteiger partial charge in [-0.05, 0) is 59.8 Å². The number of nitriles is 1. The van der Waals surface area contributed by atoms with E-state index in [9.17, 15) is 10.1 Å². The van der Waals surface area contributed by atoms with Crippen LogP contribution in [0.25, 0.3) is 10.8 Å². The largest absolute Gasteiger partial charge is 0.323 e. The molecule has 3 aromatic rings. The van der Waals surface area contributed by atoms with Crippen LogP contribution in [-0.2, 0) is 24.1 Å². The number of fused-ring (bicyclic) bond motifs is 2. The number of nitrogens with zero attached hydrogens (tertiary/aromatic N) is 1. The molecule has 2 N–H and O–H groups in total. The van der Waals surface area contributed by atoms with E-state index in [4.69, 9.17) is 12.2 Å². The maximum Gasteiger partial charge on any atom is 0.230 e. The maximum absolute atomic E-state index is 12.5. The first-order valence-corrected chi connectivity index (χ1v) is 10.5. The zero-order chi connectivity index (χ0) is 19.5. The number of nitrogens with one attached hydrogen (secondary N) is 2. The predicted molar refractivity (Wildman–Crippen MR) is 118 cm³/mol. The van der Waals surface area contributed by atoms with Gasteiger partial charge in [0.1, 0.15) is 11.1 Å². The molecule has 1 aliphatic rings. The number of benzene rings is 2. The summed E-state index contributed by atoms with van der Waals surface area (Å²) in [6, 6.07) is 16.2. The van der Waals surface area contributed by atoms with Gasteiger partial charge in [0.25, 0.3) is 0 Å². The van der Waals surface area contributed by atoms with Crippen molar-refractivity contribution in [3.05, 3.63) is 64.0 Å². The van der Waals surface area contributed by atoms with Crippen LogP contribution in [-0.4, -0.2) is 11.0 Å². The summed E-state index contributed by atoms with van der Waals surface area (Å²) < 4.78 is 0. The molecule has 2 aromatic carbocycles. The third kappa shape index (κ3) is 3.77. The Hall–Kier alpha value is -2.75. The first-order valence-electron chi connectivity index (χ1n) is 9.28. The highest BCUT2D eigenvalue weighted by atomic mass is 32.1. The van der Waals surface area contributed by atoms with Gasteiger partial charge in [0, 0.05) is 4.88 Å². The van der Waals surface area contributed by atoms with Gasteiger partial charge in [-0.15, -0.1) is 11.3 Å². The molecule has 0 saturated carbocycles. The minimum Gasteiger partial charge on any atom is -0.323 e. The summed E-state index contributed by atoms with van der Waals surface area (Å²) in [6.07, 6.45) is 4.47. The van der Waals surface area contributed by atoms with Crippen LogP contribution in [0.1, 0.15) is 34.4 Å². The highest BCUT2D eigenvalue weighted by molar-refractivity contribution is 7.80. The number of rotatable bonds is 3. The summed E-state index contributed by atoms with van der Waals surface area (Å²) in [5.41, 5.74) is 2.78. The standard InChI is InChI=1S/C22H19N3OS2/c23-13-18-17-10-3-4-11-19(17)28-21(18)25-22(27)24-20(26)12-15-8-5-7-14-6-1-2-9-16(14)15/h1-2,5-9H,3-4,10-12H2,(H2,24,25,26,27). The van der Waals surface area contributed by atoms with Gasteiger partial charge in [0.15, 0.2) is 5.11 Å². The number of amides is 1. The molecule has 0 saturated heterocycles. The fraction of sp³-hybridized carbons (Fsp3) is 0.227. The van der Waals surface area contributed by atoms with Crippen molar-refractivity contribution < 1.29 is 4.79 Å². The topological polar surface area (TPSA) is 64.9 Å². The highest BCUT2D eigenvalue weighted by Crippen LogP contribution is 2.37. The van der Waals surface area contributed by atoms with Crippen LogP contribution in [0.5, 0.6) is 0 Å². The fourth-order valence-corrected chi connectivity index (χ4v) is 5.22. The molecule has 1 aliphatic carbocycles. The van der Waals surface area contributed by atoms with E-state index in [0.717, 1.165) is 52.6 Å². The summed E-state index contributed by atoms with van der Waals surface area (Å²) in [5, 5.41) is 18.5. The number of carbonyl (C=O) groups excluding carboxylic acids is 1. The molecule has 1 aromatic heterocycles. The van der Waals surface area contributed by atoms with Gasteiger partial charge in [-0.3, -0.25) is 4.79 Å². The van der Waals surface area contributed by atoms with Crippen LogP contribution >= 0.6 is 23.6 Å². The third-order valence-corrected chi connectivity index (χ3v) is 6.41. The Morgan fingerprint density at radius 1 is 1.14 bits per heavy atom. The van der Waals surface area contributed by atoms with Gasteiger partial charge in [0.2, 0.25) is 5.91 Å². The number of anilines is 1. The molecule has 1 amide bonds. The monoisotopic (exact) mass is 405 g/mol. The SMILES string of the molecule is N#Cc1c(NC(=S)NC(=O)Cc2cccc3ccccc23)sc2c1CCCC2. The molecule has 140 valence electrons. The van der Waals surface area contributed by atoms with Crippen molar-refractivity contribution in [3.63, 3.8) is 0 Å². The van der Waals surface area contributed by atoms with Crippen molar-refractivity contribution in [2.24, 2.45) is 0 Å². The van der Waals surface area contributed by atoms with E-state index >= 15 is 0 Å². The molecule has 0 bridgehead atoms. The quantitative estimate of drug-likeness (QED) is 0.620. The summed E-state index contributed by atoms with van der Waals surface area (Å²) in [7, 11) is 0. The Morgan fingerprint density at radius 2 is 1.93 bits per heavy atom. The Balaban J connectivity index is 1.45. The van der Waals surface area contributed by atoms with Crippen LogP contribution in [0.4, 0.5) is 5.00 Å². The minimum atomic E-state index is -0.173. The zero-order valence-electron chi connectivity index (χ0n) is 15.2. The molecule has 6 heteroatoms. The van der Waals surface area contributed by atoms with Gasteiger partial charge in [0.05, 0.1) is 12.0 Å². The van der Waals surface area contributed by atoms with Crippen LogP contribution in [0.3, 0.4) is 0 Å². The Morgan fingerprint density at radius 3 is 2.79 bits per heavy atom. The highest BCUT2D eigenvalue weighted by Gasteiger charge is 2.21. The molecule has 1 heterocycles. The van der Waals surface area contributed by atoms with Crippen molar-refractivity contribution in [3.8, 4) is 6.07 Å². The third-order valence-electron chi connectivity index (χ3n) is 4.99. The molecule has 0 radical (unpaired) electrons. The van der Waals surface area contributed by atoms with E-state index in [1.54, 1.807) is 11.3 Å². The normalized spacial score (nSPS) is 12.8. The van der Waals surface area contributed by atoms with E-state index < -0.39 is 0 Å². The lowest BCUT2D eigenvalue weighted by Crippen LogP contribution is -2.35. The fourth-order valence-electron chi connectivity index (χ4n) is 3.70. The molecule has 28 heavy (non-hydrogen) atoms. The summed E-state index contributed by atoms with van der Waals surface area (Å²) >= 11 is 6.90. The number of thiophene rings is 1. The number of hydrogen-bond donors (Lipinski definition) is 2.